The Morgan fingerprint density at radius 2 is 1.32 bits per heavy atom. The maximum atomic E-state index is 13.9. The first-order valence-corrected chi connectivity index (χ1v) is 12.8. The molecule has 2 aliphatic rings. The minimum Gasteiger partial charge on any atom is -0.303 e. The molecule has 0 radical (unpaired) electrons. The smallest absolute Gasteiger partial charge is 0.303 e. The van der Waals surface area contributed by atoms with Gasteiger partial charge in [0.15, 0.2) is 0 Å². The summed E-state index contributed by atoms with van der Waals surface area (Å²) in [6, 6.07) is 16.3. The summed E-state index contributed by atoms with van der Waals surface area (Å²) in [5.74, 6) is 0. The first-order valence-electron chi connectivity index (χ1n) is 12.8. The average molecular weight is 525 g/mol. The molecule has 0 amide bonds. The van der Waals surface area contributed by atoms with Gasteiger partial charge < -0.3 is 4.90 Å². The normalized spacial score (nSPS) is 17.5. The second-order valence-corrected chi connectivity index (χ2v) is 10.0. The Morgan fingerprint density at radius 3 is 1.81 bits per heavy atom. The van der Waals surface area contributed by atoms with E-state index in [9.17, 15) is 26.3 Å². The van der Waals surface area contributed by atoms with Gasteiger partial charge in [-0.25, -0.2) is 0 Å². The maximum absolute atomic E-state index is 13.9. The zero-order valence-electron chi connectivity index (χ0n) is 21.4. The van der Waals surface area contributed by atoms with Gasteiger partial charge in [0.25, 0.3) is 0 Å². The van der Waals surface area contributed by atoms with Gasteiger partial charge in [0.05, 0.1) is 16.9 Å². The Morgan fingerprint density at radius 1 is 0.784 bits per heavy atom. The molecule has 4 rings (SSSR count). The Balaban J connectivity index is 0.00000121. The van der Waals surface area contributed by atoms with Crippen LogP contribution in [0, 0.1) is 11.3 Å². The lowest BCUT2D eigenvalue weighted by Gasteiger charge is -2.29. The number of likely N-dealkylation sites (N-methyl/N-ethyl adjacent to an activating group) is 1. The molecule has 2 aromatic carbocycles. The van der Waals surface area contributed by atoms with Crippen molar-refractivity contribution in [3.05, 3.63) is 70.8 Å². The highest BCUT2D eigenvalue weighted by molar-refractivity contribution is 5.50. The Kier molecular flexibility index (Phi) is 9.00. The monoisotopic (exact) mass is 524 g/mol. The average Bonchev–Trinajstić information content (AvgIpc) is 3.75. The third-order valence-corrected chi connectivity index (χ3v) is 7.65. The number of benzene rings is 2. The van der Waals surface area contributed by atoms with Crippen LogP contribution < -0.4 is 0 Å². The van der Waals surface area contributed by atoms with Crippen molar-refractivity contribution in [3.63, 3.8) is 0 Å². The van der Waals surface area contributed by atoms with Gasteiger partial charge >= 0.3 is 12.4 Å². The summed E-state index contributed by atoms with van der Waals surface area (Å²) in [6.07, 6.45) is -7.42. The number of nitrogens with zero attached hydrogens (tertiary/aromatic N) is 2. The third-order valence-electron chi connectivity index (χ3n) is 7.65. The molecule has 2 aromatic rings. The van der Waals surface area contributed by atoms with Gasteiger partial charge in [-0.2, -0.15) is 31.6 Å². The van der Waals surface area contributed by atoms with Crippen LogP contribution in [-0.2, 0) is 23.7 Å². The zero-order valence-corrected chi connectivity index (χ0v) is 21.4. The molecular formula is C29H34F6N2. The molecule has 2 saturated carbocycles. The molecule has 0 bridgehead atoms. The molecule has 2 fully saturated rings. The number of hydrogen-bond donors (Lipinski definition) is 0. The molecule has 202 valence electrons. The number of aryl methyl sites for hydroxylation is 1. The predicted molar refractivity (Wildman–Crippen MR) is 132 cm³/mol. The van der Waals surface area contributed by atoms with Crippen molar-refractivity contribution in [1.29, 1.82) is 5.26 Å². The number of alkyl halides is 6. The van der Waals surface area contributed by atoms with Crippen molar-refractivity contribution in [2.24, 2.45) is 0 Å². The lowest BCUT2D eigenvalue weighted by Crippen LogP contribution is -2.35. The predicted octanol–water partition coefficient (Wildman–Crippen LogP) is 7.90. The van der Waals surface area contributed by atoms with Gasteiger partial charge in [0, 0.05) is 13.5 Å². The second-order valence-electron chi connectivity index (χ2n) is 10.0. The van der Waals surface area contributed by atoms with Crippen molar-refractivity contribution >= 4 is 0 Å². The summed E-state index contributed by atoms with van der Waals surface area (Å²) in [5.41, 5.74) is -2.59. The van der Waals surface area contributed by atoms with Gasteiger partial charge in [-0.1, -0.05) is 55.5 Å². The van der Waals surface area contributed by atoms with E-state index < -0.39 is 23.2 Å². The van der Waals surface area contributed by atoms with Gasteiger partial charge in [-0.15, -0.1) is 0 Å². The van der Waals surface area contributed by atoms with Crippen LogP contribution in [0.4, 0.5) is 26.3 Å². The van der Waals surface area contributed by atoms with Crippen LogP contribution in [0.25, 0.3) is 0 Å². The third kappa shape index (κ3) is 6.49. The van der Waals surface area contributed by atoms with E-state index in [0.717, 1.165) is 32.5 Å². The van der Waals surface area contributed by atoms with Gasteiger partial charge in [-0.05, 0) is 80.3 Å². The topological polar surface area (TPSA) is 27.0 Å². The summed E-state index contributed by atoms with van der Waals surface area (Å²) in [5, 5.41) is 7.32. The van der Waals surface area contributed by atoms with E-state index in [1.807, 2.05) is 18.2 Å². The van der Waals surface area contributed by atoms with Crippen LogP contribution in [0.5, 0.6) is 0 Å². The quantitative estimate of drug-likeness (QED) is 0.296. The van der Waals surface area contributed by atoms with E-state index in [0.29, 0.717) is 12.0 Å². The molecule has 0 atom stereocenters. The lowest BCUT2D eigenvalue weighted by molar-refractivity contribution is -0.167. The fraction of sp³-hybridized carbons (Fsp3) is 0.552. The van der Waals surface area contributed by atoms with Crippen LogP contribution in [0.1, 0.15) is 68.2 Å². The minimum absolute atomic E-state index is 0.135. The van der Waals surface area contributed by atoms with E-state index in [-0.39, 0.29) is 36.8 Å². The van der Waals surface area contributed by atoms with Crippen molar-refractivity contribution in [2.75, 3.05) is 19.6 Å². The van der Waals surface area contributed by atoms with Crippen molar-refractivity contribution in [3.8, 4) is 6.07 Å². The summed E-state index contributed by atoms with van der Waals surface area (Å²) in [6.45, 7) is 6.04. The fourth-order valence-electron chi connectivity index (χ4n) is 5.09. The van der Waals surface area contributed by atoms with Crippen molar-refractivity contribution < 1.29 is 26.3 Å². The SMILES string of the molecule is CC#N.CCN(CCCc1ccc(C2(C(F)(F)F)CC2)c(C2(C(F)(F)F)CC2)c1)CCc1ccccc1. The van der Waals surface area contributed by atoms with E-state index in [2.05, 4.69) is 24.0 Å². The van der Waals surface area contributed by atoms with Gasteiger partial charge in [0.2, 0.25) is 0 Å². The van der Waals surface area contributed by atoms with Crippen LogP contribution in [0.3, 0.4) is 0 Å². The molecule has 0 spiro atoms. The first-order chi connectivity index (χ1) is 17.4. The molecule has 0 heterocycles. The molecule has 0 saturated heterocycles. The summed E-state index contributed by atoms with van der Waals surface area (Å²) in [4.78, 5) is 2.29. The Labute approximate surface area is 215 Å². The van der Waals surface area contributed by atoms with E-state index in [4.69, 9.17) is 5.26 Å². The van der Waals surface area contributed by atoms with Gasteiger partial charge in [0.1, 0.15) is 0 Å². The van der Waals surface area contributed by atoms with E-state index >= 15 is 0 Å². The van der Waals surface area contributed by atoms with Gasteiger partial charge in [-0.3, -0.25) is 0 Å². The highest BCUT2D eigenvalue weighted by atomic mass is 19.4. The molecule has 0 aliphatic heterocycles. The summed E-state index contributed by atoms with van der Waals surface area (Å²) in [7, 11) is 0. The van der Waals surface area contributed by atoms with Crippen LogP contribution in [0.2, 0.25) is 0 Å². The first kappa shape index (κ1) is 29.0. The molecule has 37 heavy (non-hydrogen) atoms. The molecule has 2 aliphatic carbocycles. The zero-order chi connectivity index (χ0) is 27.3. The van der Waals surface area contributed by atoms with Crippen molar-refractivity contribution in [1.82, 2.24) is 4.90 Å². The van der Waals surface area contributed by atoms with Crippen LogP contribution in [0.15, 0.2) is 48.5 Å². The Hall–Kier alpha value is -2.53. The molecule has 0 aromatic heterocycles. The largest absolute Gasteiger partial charge is 0.398 e. The number of rotatable bonds is 10. The number of nitriles is 1. The van der Waals surface area contributed by atoms with Crippen molar-refractivity contribution in [2.45, 2.75) is 82.0 Å². The minimum atomic E-state index is -4.54. The van der Waals surface area contributed by atoms with E-state index in [1.165, 1.54) is 24.6 Å². The second kappa shape index (κ2) is 11.5. The molecule has 8 heteroatoms. The van der Waals surface area contributed by atoms with Crippen LogP contribution in [-0.4, -0.2) is 36.9 Å². The van der Waals surface area contributed by atoms with Crippen LogP contribution >= 0.6 is 0 Å². The molecule has 0 N–H and O–H groups in total. The molecule has 2 nitrogen and oxygen atoms in total. The standard InChI is InChI=1S/C27H31F6N.C2H3N/c1-2-34(18-12-20-7-4-3-5-8-20)17-6-9-21-10-11-22(24(13-14-24)26(28,29)30)23(19-21)25(15-16-25)27(31,32)33;1-2-3/h3-5,7-8,10-11,19H,2,6,9,12-18H2,1H3;1H3. The maximum Gasteiger partial charge on any atom is 0.398 e. The summed E-state index contributed by atoms with van der Waals surface area (Å²) >= 11 is 0. The number of hydrogen-bond acceptors (Lipinski definition) is 2. The summed E-state index contributed by atoms with van der Waals surface area (Å²) < 4.78 is 83.2. The van der Waals surface area contributed by atoms with E-state index in [1.54, 1.807) is 12.1 Å². The highest BCUT2D eigenvalue weighted by Crippen LogP contribution is 2.66. The molecular weight excluding hydrogens is 490 g/mol. The lowest BCUT2D eigenvalue weighted by atomic mass is 9.81. The Bertz CT molecular complexity index is 1060. The number of halogens is 6. The highest BCUT2D eigenvalue weighted by Gasteiger charge is 2.70. The fourth-order valence-corrected chi connectivity index (χ4v) is 5.09. The molecule has 0 unspecified atom stereocenters.